The molecule has 4 heterocycles. The van der Waals surface area contributed by atoms with Crippen molar-refractivity contribution < 1.29 is 23.6 Å². The molecule has 2 aliphatic rings. The topological polar surface area (TPSA) is 107 Å². The standard InChI is InChI=1S/C25H20N4O5S/c30-22-11-17(24(31)26-12-15-6-7-19-20(9-15)33-14-32-19)13-29(22)18-4-1-3-16(10-18)23-27-25(34-28-23)21-5-2-8-35-21/h1-10,17H,11-14H2,(H,26,31)/t17-/m1/s1. The fraction of sp³-hybridized carbons (Fsp3) is 0.200. The van der Waals surface area contributed by atoms with E-state index in [1.165, 1.54) is 11.3 Å². The maximum Gasteiger partial charge on any atom is 0.268 e. The lowest BCUT2D eigenvalue weighted by Gasteiger charge is -2.17. The number of aromatic nitrogens is 2. The molecule has 0 aliphatic carbocycles. The number of nitrogens with zero attached hydrogens (tertiary/aromatic N) is 3. The van der Waals surface area contributed by atoms with E-state index in [4.69, 9.17) is 14.0 Å². The number of amides is 2. The van der Waals surface area contributed by atoms with Gasteiger partial charge in [-0.1, -0.05) is 29.4 Å². The van der Waals surface area contributed by atoms with E-state index in [-0.39, 0.29) is 25.0 Å². The molecule has 2 amide bonds. The van der Waals surface area contributed by atoms with Crippen LogP contribution in [0.15, 0.2) is 64.5 Å². The second-order valence-electron chi connectivity index (χ2n) is 8.26. The summed E-state index contributed by atoms with van der Waals surface area (Å²) in [7, 11) is 0. The van der Waals surface area contributed by atoms with Crippen LogP contribution in [0.2, 0.25) is 0 Å². The quantitative estimate of drug-likeness (QED) is 0.439. The van der Waals surface area contributed by atoms with E-state index in [0.717, 1.165) is 16.0 Å². The molecule has 1 fully saturated rings. The normalized spacial score (nSPS) is 16.6. The molecule has 35 heavy (non-hydrogen) atoms. The molecule has 4 aromatic rings. The smallest absolute Gasteiger partial charge is 0.268 e. The van der Waals surface area contributed by atoms with E-state index in [0.29, 0.717) is 42.0 Å². The van der Waals surface area contributed by atoms with Crippen molar-refractivity contribution >= 4 is 28.8 Å². The Kier molecular flexibility index (Phi) is 5.42. The molecule has 6 rings (SSSR count). The second kappa shape index (κ2) is 8.88. The number of carbonyl (C=O) groups excluding carboxylic acids is 2. The highest BCUT2D eigenvalue weighted by Gasteiger charge is 2.35. The van der Waals surface area contributed by atoms with Crippen molar-refractivity contribution in [3.8, 4) is 33.7 Å². The summed E-state index contributed by atoms with van der Waals surface area (Å²) in [5.74, 6) is 1.57. The third-order valence-corrected chi connectivity index (χ3v) is 6.83. The van der Waals surface area contributed by atoms with Gasteiger partial charge in [-0.2, -0.15) is 4.98 Å². The van der Waals surface area contributed by atoms with E-state index < -0.39 is 5.92 Å². The lowest BCUT2D eigenvalue weighted by molar-refractivity contribution is -0.126. The van der Waals surface area contributed by atoms with Crippen LogP contribution in [-0.2, 0) is 16.1 Å². The molecular formula is C25H20N4O5S. The second-order valence-corrected chi connectivity index (χ2v) is 9.21. The van der Waals surface area contributed by atoms with Crippen LogP contribution in [0.5, 0.6) is 11.5 Å². The Hall–Kier alpha value is -4.18. The maximum absolute atomic E-state index is 12.8. The molecule has 10 heteroatoms. The minimum atomic E-state index is -0.434. The summed E-state index contributed by atoms with van der Waals surface area (Å²) in [5, 5.41) is 8.96. The van der Waals surface area contributed by atoms with Crippen LogP contribution in [0.25, 0.3) is 22.2 Å². The number of nitrogens with one attached hydrogen (secondary N) is 1. The lowest BCUT2D eigenvalue weighted by Crippen LogP contribution is -2.32. The summed E-state index contributed by atoms with van der Waals surface area (Å²) in [5.41, 5.74) is 2.33. The molecule has 2 aromatic carbocycles. The number of ether oxygens (including phenoxy) is 2. The van der Waals surface area contributed by atoms with Gasteiger partial charge < -0.3 is 24.2 Å². The summed E-state index contributed by atoms with van der Waals surface area (Å²) in [6, 6.07) is 16.8. The number of thiophene rings is 1. The van der Waals surface area contributed by atoms with Crippen molar-refractivity contribution in [1.29, 1.82) is 0 Å². The summed E-state index contributed by atoms with van der Waals surface area (Å²) < 4.78 is 16.1. The first-order chi connectivity index (χ1) is 17.1. The van der Waals surface area contributed by atoms with Crippen LogP contribution in [-0.4, -0.2) is 35.3 Å². The number of anilines is 1. The molecule has 2 aliphatic heterocycles. The predicted octanol–water partition coefficient (Wildman–Crippen LogP) is 3.86. The molecule has 0 bridgehead atoms. The van der Waals surface area contributed by atoms with Crippen LogP contribution in [0.1, 0.15) is 12.0 Å². The number of hydrogen-bond acceptors (Lipinski definition) is 8. The van der Waals surface area contributed by atoms with Crippen molar-refractivity contribution in [2.24, 2.45) is 5.92 Å². The van der Waals surface area contributed by atoms with Crippen molar-refractivity contribution in [1.82, 2.24) is 15.5 Å². The first kappa shape index (κ1) is 21.4. The van der Waals surface area contributed by atoms with Gasteiger partial charge in [0.1, 0.15) is 0 Å². The van der Waals surface area contributed by atoms with E-state index in [1.54, 1.807) is 4.90 Å². The minimum Gasteiger partial charge on any atom is -0.454 e. The zero-order valence-electron chi connectivity index (χ0n) is 18.5. The zero-order valence-corrected chi connectivity index (χ0v) is 19.3. The molecule has 176 valence electrons. The minimum absolute atomic E-state index is 0.0993. The maximum atomic E-state index is 12.8. The van der Waals surface area contributed by atoms with E-state index in [2.05, 4.69) is 15.5 Å². The summed E-state index contributed by atoms with van der Waals surface area (Å²) in [4.78, 5) is 32.6. The first-order valence-corrected chi connectivity index (χ1v) is 12.0. The Morgan fingerprint density at radius 2 is 2.03 bits per heavy atom. The number of carbonyl (C=O) groups is 2. The average Bonchev–Trinajstić information content (AvgIpc) is 3.68. The van der Waals surface area contributed by atoms with Gasteiger partial charge in [0.2, 0.25) is 24.4 Å². The van der Waals surface area contributed by atoms with Crippen molar-refractivity contribution in [2.45, 2.75) is 13.0 Å². The van der Waals surface area contributed by atoms with Crippen LogP contribution < -0.4 is 19.7 Å². The molecule has 0 unspecified atom stereocenters. The summed E-state index contributed by atoms with van der Waals surface area (Å²) in [6.45, 7) is 0.858. The Labute approximate surface area is 204 Å². The SMILES string of the molecule is O=C(NCc1ccc2c(c1)OCO2)[C@@H]1CC(=O)N(c2cccc(-c3noc(-c4cccs4)n3)c2)C1. The lowest BCUT2D eigenvalue weighted by atomic mass is 10.1. The highest BCUT2D eigenvalue weighted by atomic mass is 32.1. The fourth-order valence-electron chi connectivity index (χ4n) is 4.17. The van der Waals surface area contributed by atoms with Gasteiger partial charge in [-0.15, -0.1) is 11.3 Å². The number of fused-ring (bicyclic) bond motifs is 1. The Bertz CT molecular complexity index is 1400. The van der Waals surface area contributed by atoms with Crippen molar-refractivity contribution in [3.05, 3.63) is 65.5 Å². The van der Waals surface area contributed by atoms with Gasteiger partial charge in [0.15, 0.2) is 11.5 Å². The average molecular weight is 489 g/mol. The van der Waals surface area contributed by atoms with Gasteiger partial charge in [-0.25, -0.2) is 0 Å². The van der Waals surface area contributed by atoms with Gasteiger partial charge in [0.05, 0.1) is 10.8 Å². The van der Waals surface area contributed by atoms with Crippen LogP contribution in [0.4, 0.5) is 5.69 Å². The van der Waals surface area contributed by atoms with Crippen molar-refractivity contribution in [3.63, 3.8) is 0 Å². The Balaban J connectivity index is 1.12. The monoisotopic (exact) mass is 488 g/mol. The van der Waals surface area contributed by atoms with Gasteiger partial charge in [0.25, 0.3) is 5.89 Å². The fourth-order valence-corrected chi connectivity index (χ4v) is 4.82. The Morgan fingerprint density at radius 1 is 1.11 bits per heavy atom. The third-order valence-electron chi connectivity index (χ3n) is 5.97. The largest absolute Gasteiger partial charge is 0.454 e. The molecule has 1 N–H and O–H groups in total. The molecular weight excluding hydrogens is 468 g/mol. The van der Waals surface area contributed by atoms with E-state index in [9.17, 15) is 9.59 Å². The van der Waals surface area contributed by atoms with E-state index >= 15 is 0 Å². The predicted molar refractivity (Wildman–Crippen MR) is 128 cm³/mol. The molecule has 2 aromatic heterocycles. The van der Waals surface area contributed by atoms with Crippen LogP contribution in [0, 0.1) is 5.92 Å². The summed E-state index contributed by atoms with van der Waals surface area (Å²) >= 11 is 1.52. The summed E-state index contributed by atoms with van der Waals surface area (Å²) in [6.07, 6.45) is 0.155. The highest BCUT2D eigenvalue weighted by molar-refractivity contribution is 7.13. The molecule has 0 radical (unpaired) electrons. The van der Waals surface area contributed by atoms with Gasteiger partial charge in [0, 0.05) is 30.8 Å². The molecule has 0 saturated carbocycles. The number of benzene rings is 2. The van der Waals surface area contributed by atoms with Crippen LogP contribution >= 0.6 is 11.3 Å². The van der Waals surface area contributed by atoms with Crippen molar-refractivity contribution in [2.75, 3.05) is 18.2 Å². The van der Waals surface area contributed by atoms with Crippen LogP contribution in [0.3, 0.4) is 0 Å². The van der Waals surface area contributed by atoms with Gasteiger partial charge >= 0.3 is 0 Å². The van der Waals surface area contributed by atoms with Gasteiger partial charge in [-0.3, -0.25) is 9.59 Å². The number of hydrogen-bond donors (Lipinski definition) is 1. The van der Waals surface area contributed by atoms with E-state index in [1.807, 2.05) is 60.0 Å². The molecule has 0 spiro atoms. The molecule has 1 saturated heterocycles. The third kappa shape index (κ3) is 4.24. The molecule has 1 atom stereocenters. The van der Waals surface area contributed by atoms with Gasteiger partial charge in [-0.05, 0) is 41.3 Å². The Morgan fingerprint density at radius 3 is 2.91 bits per heavy atom. The highest BCUT2D eigenvalue weighted by Crippen LogP contribution is 2.33. The number of rotatable bonds is 6. The zero-order chi connectivity index (χ0) is 23.8. The first-order valence-electron chi connectivity index (χ1n) is 11.1. The molecule has 9 nitrogen and oxygen atoms in total.